The highest BCUT2D eigenvalue weighted by Crippen LogP contribution is 2.22. The van der Waals surface area contributed by atoms with Crippen molar-refractivity contribution in [1.29, 1.82) is 0 Å². The summed E-state index contributed by atoms with van der Waals surface area (Å²) in [6.45, 7) is 1.64. The summed E-state index contributed by atoms with van der Waals surface area (Å²) in [4.78, 5) is 27.7. The zero-order chi connectivity index (χ0) is 20.8. The number of anilines is 1. The molecule has 0 aliphatic rings. The van der Waals surface area contributed by atoms with Crippen LogP contribution in [0.5, 0.6) is 17.4 Å². The van der Waals surface area contributed by atoms with Gasteiger partial charge in [-0.05, 0) is 55.5 Å². The van der Waals surface area contributed by atoms with Crippen LogP contribution in [0.3, 0.4) is 0 Å². The topological polar surface area (TPSA) is 104 Å². The van der Waals surface area contributed by atoms with E-state index in [0.29, 0.717) is 33.7 Å². The number of primary amides is 1. The van der Waals surface area contributed by atoms with Crippen LogP contribution >= 0.6 is 11.6 Å². The highest BCUT2D eigenvalue weighted by atomic mass is 35.5. The molecule has 2 amide bonds. The molecule has 3 aromatic rings. The van der Waals surface area contributed by atoms with Gasteiger partial charge in [0.1, 0.15) is 11.5 Å². The van der Waals surface area contributed by atoms with Crippen LogP contribution in [0.15, 0.2) is 66.9 Å². The first-order valence-corrected chi connectivity index (χ1v) is 9.05. The Bertz CT molecular complexity index is 1010. The Morgan fingerprint density at radius 2 is 1.83 bits per heavy atom. The summed E-state index contributed by atoms with van der Waals surface area (Å²) in [5.41, 5.74) is 6.08. The van der Waals surface area contributed by atoms with E-state index in [9.17, 15) is 9.59 Å². The van der Waals surface area contributed by atoms with Gasteiger partial charge in [-0.2, -0.15) is 0 Å². The zero-order valence-electron chi connectivity index (χ0n) is 15.5. The van der Waals surface area contributed by atoms with E-state index in [4.69, 9.17) is 26.8 Å². The molecule has 0 spiro atoms. The maximum atomic E-state index is 12.3. The second-order valence-electron chi connectivity index (χ2n) is 6.08. The maximum Gasteiger partial charge on any atom is 0.265 e. The molecule has 29 heavy (non-hydrogen) atoms. The van der Waals surface area contributed by atoms with Gasteiger partial charge >= 0.3 is 0 Å². The highest BCUT2D eigenvalue weighted by Gasteiger charge is 2.15. The van der Waals surface area contributed by atoms with Gasteiger partial charge in [0.05, 0.1) is 11.9 Å². The predicted molar refractivity (Wildman–Crippen MR) is 109 cm³/mol. The molecule has 8 heteroatoms. The molecule has 1 atom stereocenters. The summed E-state index contributed by atoms with van der Waals surface area (Å²) in [5, 5.41) is 3.31. The third kappa shape index (κ3) is 5.70. The molecule has 148 valence electrons. The standard InChI is InChI=1S/C21H18ClN3O4/c1-13(28-17-8-5-15(22)6-9-17)21(27)25-16-7-10-19(24-12-16)29-18-4-2-3-14(11-18)20(23)26/h2-13H,1H3,(H2,23,26)(H,25,27). The molecule has 0 saturated heterocycles. The van der Waals surface area contributed by atoms with Gasteiger partial charge in [-0.3, -0.25) is 9.59 Å². The fraction of sp³-hybridized carbons (Fsp3) is 0.0952. The molecule has 1 unspecified atom stereocenters. The number of pyridine rings is 1. The summed E-state index contributed by atoms with van der Waals surface area (Å²) in [7, 11) is 0. The monoisotopic (exact) mass is 411 g/mol. The number of amides is 2. The van der Waals surface area contributed by atoms with Gasteiger partial charge < -0.3 is 20.5 Å². The summed E-state index contributed by atoms with van der Waals surface area (Å²) in [5.74, 6) is 0.392. The molecular formula is C21H18ClN3O4. The van der Waals surface area contributed by atoms with E-state index in [1.165, 1.54) is 12.3 Å². The number of benzene rings is 2. The molecule has 0 radical (unpaired) electrons. The van der Waals surface area contributed by atoms with E-state index in [-0.39, 0.29) is 5.91 Å². The van der Waals surface area contributed by atoms with E-state index in [0.717, 1.165) is 0 Å². The van der Waals surface area contributed by atoms with E-state index in [1.807, 2.05) is 0 Å². The normalized spacial score (nSPS) is 11.4. The van der Waals surface area contributed by atoms with Crippen LogP contribution in [-0.2, 0) is 4.79 Å². The SMILES string of the molecule is CC(Oc1ccc(Cl)cc1)C(=O)Nc1ccc(Oc2cccc(C(N)=O)c2)nc1. The second kappa shape index (κ2) is 9.07. The Morgan fingerprint density at radius 1 is 1.07 bits per heavy atom. The fourth-order valence-electron chi connectivity index (χ4n) is 2.36. The van der Waals surface area contributed by atoms with Crippen LogP contribution in [0.1, 0.15) is 17.3 Å². The molecule has 0 bridgehead atoms. The van der Waals surface area contributed by atoms with Gasteiger partial charge in [0.25, 0.3) is 5.91 Å². The Morgan fingerprint density at radius 3 is 2.48 bits per heavy atom. The zero-order valence-corrected chi connectivity index (χ0v) is 16.2. The van der Waals surface area contributed by atoms with Gasteiger partial charge in [0.2, 0.25) is 11.8 Å². The van der Waals surface area contributed by atoms with Crippen LogP contribution < -0.4 is 20.5 Å². The Hall–Kier alpha value is -3.58. The highest BCUT2D eigenvalue weighted by molar-refractivity contribution is 6.30. The van der Waals surface area contributed by atoms with Crippen LogP contribution in [-0.4, -0.2) is 22.9 Å². The van der Waals surface area contributed by atoms with Gasteiger partial charge in [0.15, 0.2) is 6.10 Å². The van der Waals surface area contributed by atoms with Crippen molar-refractivity contribution in [3.05, 3.63) is 77.4 Å². The summed E-state index contributed by atoms with van der Waals surface area (Å²) < 4.78 is 11.2. The third-order valence-corrected chi connectivity index (χ3v) is 4.09. The summed E-state index contributed by atoms with van der Waals surface area (Å²) in [6.07, 6.45) is 0.740. The minimum absolute atomic E-state index is 0.301. The van der Waals surface area contributed by atoms with Gasteiger partial charge in [-0.15, -0.1) is 0 Å². The third-order valence-electron chi connectivity index (χ3n) is 3.84. The molecule has 3 rings (SSSR count). The lowest BCUT2D eigenvalue weighted by Gasteiger charge is -2.15. The minimum atomic E-state index is -0.719. The van der Waals surface area contributed by atoms with E-state index in [1.54, 1.807) is 61.5 Å². The number of nitrogens with two attached hydrogens (primary N) is 1. The average molecular weight is 412 g/mol. The lowest BCUT2D eigenvalue weighted by atomic mass is 10.2. The molecule has 7 nitrogen and oxygen atoms in total. The lowest BCUT2D eigenvalue weighted by Crippen LogP contribution is -2.30. The van der Waals surface area contributed by atoms with Crippen molar-refractivity contribution in [2.24, 2.45) is 5.73 Å². The van der Waals surface area contributed by atoms with Crippen molar-refractivity contribution in [2.75, 3.05) is 5.32 Å². The van der Waals surface area contributed by atoms with Crippen LogP contribution in [0.2, 0.25) is 5.02 Å². The number of carbonyl (C=O) groups excluding carboxylic acids is 2. The van der Waals surface area contributed by atoms with Crippen LogP contribution in [0.25, 0.3) is 0 Å². The Labute approximate surface area is 172 Å². The summed E-state index contributed by atoms with van der Waals surface area (Å²) >= 11 is 5.83. The molecule has 0 fully saturated rings. The van der Waals surface area contributed by atoms with Crippen molar-refractivity contribution < 1.29 is 19.1 Å². The van der Waals surface area contributed by atoms with Crippen molar-refractivity contribution in [1.82, 2.24) is 4.98 Å². The van der Waals surface area contributed by atoms with Crippen molar-refractivity contribution in [3.8, 4) is 17.4 Å². The van der Waals surface area contributed by atoms with Crippen molar-refractivity contribution in [2.45, 2.75) is 13.0 Å². The summed E-state index contributed by atoms with van der Waals surface area (Å²) in [6, 6.07) is 16.4. The molecule has 1 aromatic heterocycles. The van der Waals surface area contributed by atoms with Gasteiger partial charge in [-0.25, -0.2) is 4.98 Å². The van der Waals surface area contributed by atoms with Crippen LogP contribution in [0.4, 0.5) is 5.69 Å². The molecular weight excluding hydrogens is 394 g/mol. The van der Waals surface area contributed by atoms with E-state index in [2.05, 4.69) is 10.3 Å². The van der Waals surface area contributed by atoms with E-state index >= 15 is 0 Å². The number of carbonyl (C=O) groups is 2. The molecule has 0 aliphatic carbocycles. The molecule has 2 aromatic carbocycles. The Kier molecular flexibility index (Phi) is 6.31. The predicted octanol–water partition coefficient (Wildman–Crippen LogP) is 4.03. The number of halogens is 1. The first-order chi connectivity index (χ1) is 13.9. The molecule has 0 aliphatic heterocycles. The van der Waals surface area contributed by atoms with Crippen LogP contribution in [0, 0.1) is 0 Å². The van der Waals surface area contributed by atoms with Gasteiger partial charge in [0, 0.05) is 16.7 Å². The second-order valence-corrected chi connectivity index (χ2v) is 6.52. The number of ether oxygens (including phenoxy) is 2. The molecule has 1 heterocycles. The largest absolute Gasteiger partial charge is 0.481 e. The van der Waals surface area contributed by atoms with Gasteiger partial charge in [-0.1, -0.05) is 17.7 Å². The Balaban J connectivity index is 1.58. The fourth-order valence-corrected chi connectivity index (χ4v) is 2.49. The maximum absolute atomic E-state index is 12.3. The van der Waals surface area contributed by atoms with Crippen molar-refractivity contribution in [3.63, 3.8) is 0 Å². The number of nitrogens with zero attached hydrogens (tertiary/aromatic N) is 1. The molecule has 3 N–H and O–H groups in total. The first-order valence-electron chi connectivity index (χ1n) is 8.67. The quantitative estimate of drug-likeness (QED) is 0.610. The molecule has 0 saturated carbocycles. The first kappa shape index (κ1) is 20.2. The smallest absolute Gasteiger partial charge is 0.265 e. The number of aromatic nitrogens is 1. The van der Waals surface area contributed by atoms with E-state index < -0.39 is 12.0 Å². The van der Waals surface area contributed by atoms with Crippen molar-refractivity contribution >= 4 is 29.1 Å². The minimum Gasteiger partial charge on any atom is -0.481 e. The number of hydrogen-bond acceptors (Lipinski definition) is 5. The number of rotatable bonds is 7. The average Bonchev–Trinajstić information content (AvgIpc) is 2.71. The number of hydrogen-bond donors (Lipinski definition) is 2. The lowest BCUT2D eigenvalue weighted by molar-refractivity contribution is -0.122. The number of nitrogens with one attached hydrogen (secondary N) is 1.